The van der Waals surface area contributed by atoms with E-state index in [-0.39, 0.29) is 6.54 Å². The van der Waals surface area contributed by atoms with Crippen molar-refractivity contribution < 1.29 is 24.3 Å². The number of aliphatic carboxylic acids is 1. The van der Waals surface area contributed by atoms with E-state index < -0.39 is 18.8 Å². The molecular weight excluding hydrogens is 221 g/mol. The Balaban J connectivity index is 3.31. The van der Waals surface area contributed by atoms with Gasteiger partial charge in [-0.1, -0.05) is 13.0 Å². The van der Waals surface area contributed by atoms with Gasteiger partial charge in [-0.15, -0.1) is 0 Å². The lowest BCUT2D eigenvalue weighted by atomic mass is 10.1. The van der Waals surface area contributed by atoms with Crippen molar-refractivity contribution in [2.24, 2.45) is 0 Å². The largest absolute Gasteiger partial charge is 0.479 e. The highest BCUT2D eigenvalue weighted by Crippen LogP contribution is 2.54. The molecular formula is C8H14NO5P. The van der Waals surface area contributed by atoms with E-state index in [4.69, 9.17) is 5.11 Å². The van der Waals surface area contributed by atoms with E-state index in [1.807, 2.05) is 0 Å². The van der Waals surface area contributed by atoms with Gasteiger partial charge < -0.3 is 14.9 Å². The first-order valence-corrected chi connectivity index (χ1v) is 6.19. The van der Waals surface area contributed by atoms with Crippen molar-refractivity contribution in [3.63, 3.8) is 0 Å². The van der Waals surface area contributed by atoms with E-state index in [2.05, 4.69) is 0 Å². The van der Waals surface area contributed by atoms with E-state index in [1.165, 1.54) is 11.0 Å². The number of carboxylic acids is 1. The van der Waals surface area contributed by atoms with E-state index in [0.717, 1.165) is 6.08 Å². The zero-order chi connectivity index (χ0) is 11.7. The molecule has 6 nitrogen and oxygen atoms in total. The molecule has 0 saturated heterocycles. The summed E-state index contributed by atoms with van der Waals surface area (Å²) >= 11 is 0. The molecule has 1 rings (SSSR count). The molecule has 0 saturated carbocycles. The highest BCUT2D eigenvalue weighted by molar-refractivity contribution is 7.55. The molecule has 7 heteroatoms. The summed E-state index contributed by atoms with van der Waals surface area (Å²) in [4.78, 5) is 30.8. The van der Waals surface area contributed by atoms with Crippen molar-refractivity contribution in [1.82, 2.24) is 4.90 Å². The predicted octanol–water partition coefficient (Wildman–Crippen LogP) is 0.227. The number of carbonyl (C=O) groups is 1. The third kappa shape index (κ3) is 1.86. The molecule has 1 atom stereocenters. The zero-order valence-electron chi connectivity index (χ0n) is 8.33. The quantitative estimate of drug-likeness (QED) is 0.478. The minimum atomic E-state index is -4.76. The summed E-state index contributed by atoms with van der Waals surface area (Å²) in [5, 5.41) is 6.86. The first-order valence-electron chi connectivity index (χ1n) is 4.58. The predicted molar refractivity (Wildman–Crippen MR) is 53.4 cm³/mol. The number of hydrogen-bond donors (Lipinski definition) is 3. The molecule has 0 aromatic carbocycles. The Morgan fingerprint density at radius 3 is 2.53 bits per heavy atom. The van der Waals surface area contributed by atoms with Crippen LogP contribution in [0.4, 0.5) is 0 Å². The normalized spacial score (nSPS) is 27.9. The Bertz CT molecular complexity index is 336. The van der Waals surface area contributed by atoms with Gasteiger partial charge in [0.25, 0.3) is 0 Å². The van der Waals surface area contributed by atoms with Crippen molar-refractivity contribution in [1.29, 1.82) is 0 Å². The summed E-state index contributed by atoms with van der Waals surface area (Å²) in [5.41, 5.74) is 0. The average Bonchev–Trinajstić information content (AvgIpc) is 2.15. The monoisotopic (exact) mass is 235 g/mol. The Morgan fingerprint density at radius 2 is 2.20 bits per heavy atom. The van der Waals surface area contributed by atoms with Gasteiger partial charge in [0.15, 0.2) is 0 Å². The smallest absolute Gasteiger partial charge is 0.361 e. The highest BCUT2D eigenvalue weighted by Gasteiger charge is 2.56. The summed E-state index contributed by atoms with van der Waals surface area (Å²) in [7, 11) is -4.76. The van der Waals surface area contributed by atoms with Crippen LogP contribution in [0.2, 0.25) is 0 Å². The molecule has 1 aliphatic heterocycles. The zero-order valence-corrected chi connectivity index (χ0v) is 9.22. The Morgan fingerprint density at radius 1 is 1.60 bits per heavy atom. The van der Waals surface area contributed by atoms with E-state index in [9.17, 15) is 19.1 Å². The highest BCUT2D eigenvalue weighted by atomic mass is 31.2. The molecule has 0 spiro atoms. The summed E-state index contributed by atoms with van der Waals surface area (Å²) in [6, 6.07) is 0. The number of nitrogens with zero attached hydrogens (tertiary/aromatic N) is 1. The summed E-state index contributed by atoms with van der Waals surface area (Å²) in [6.07, 6.45) is 3.20. The molecule has 0 bridgehead atoms. The lowest BCUT2D eigenvalue weighted by Gasteiger charge is -2.39. The van der Waals surface area contributed by atoms with Gasteiger partial charge in [0.1, 0.15) is 0 Å². The van der Waals surface area contributed by atoms with Crippen LogP contribution in [0.5, 0.6) is 0 Å². The van der Waals surface area contributed by atoms with E-state index in [1.54, 1.807) is 6.92 Å². The first-order chi connectivity index (χ1) is 6.86. The summed E-state index contributed by atoms with van der Waals surface area (Å²) < 4.78 is 11.3. The van der Waals surface area contributed by atoms with Crippen LogP contribution in [0.3, 0.4) is 0 Å². The number of rotatable bonds is 3. The average molecular weight is 235 g/mol. The van der Waals surface area contributed by atoms with Crippen molar-refractivity contribution in [3.05, 3.63) is 12.2 Å². The number of carboxylic acid groups (broad SMARTS) is 1. The topological polar surface area (TPSA) is 98.1 Å². The van der Waals surface area contributed by atoms with E-state index >= 15 is 0 Å². The van der Waals surface area contributed by atoms with Gasteiger partial charge in [-0.2, -0.15) is 0 Å². The molecule has 15 heavy (non-hydrogen) atoms. The molecule has 0 aromatic rings. The van der Waals surface area contributed by atoms with Gasteiger partial charge in [0, 0.05) is 6.54 Å². The van der Waals surface area contributed by atoms with Crippen molar-refractivity contribution in [2.75, 3.05) is 13.1 Å². The van der Waals surface area contributed by atoms with Gasteiger partial charge in [-0.05, 0) is 19.0 Å². The molecule has 1 heterocycles. The van der Waals surface area contributed by atoms with Crippen molar-refractivity contribution >= 4 is 13.6 Å². The van der Waals surface area contributed by atoms with Gasteiger partial charge in [0.2, 0.25) is 5.28 Å². The van der Waals surface area contributed by atoms with Crippen LogP contribution in [-0.2, 0) is 9.36 Å². The van der Waals surface area contributed by atoms with Crippen LogP contribution in [0.1, 0.15) is 13.3 Å². The Kier molecular flexibility index (Phi) is 3.35. The van der Waals surface area contributed by atoms with Crippen LogP contribution in [0, 0.1) is 0 Å². The molecule has 1 aliphatic rings. The Hall–Kier alpha value is -0.680. The second kappa shape index (κ2) is 4.06. The lowest BCUT2D eigenvalue weighted by Crippen LogP contribution is -2.54. The minimum absolute atomic E-state index is 0.280. The fraction of sp³-hybridized carbons (Fsp3) is 0.625. The van der Waals surface area contributed by atoms with Gasteiger partial charge in [-0.25, -0.2) is 4.79 Å². The third-order valence-electron chi connectivity index (χ3n) is 2.54. The SMILES string of the molecule is CCN1CCC=CC1(C(=O)O)P(=O)(O)O. The second-order valence-corrected chi connectivity index (χ2v) is 5.12. The lowest BCUT2D eigenvalue weighted by molar-refractivity contribution is -0.144. The van der Waals surface area contributed by atoms with Gasteiger partial charge in [-0.3, -0.25) is 9.46 Å². The molecule has 86 valence electrons. The molecule has 0 fully saturated rings. The van der Waals surface area contributed by atoms with Crippen molar-refractivity contribution in [3.8, 4) is 0 Å². The van der Waals surface area contributed by atoms with Crippen molar-refractivity contribution in [2.45, 2.75) is 18.6 Å². The van der Waals surface area contributed by atoms with Crippen LogP contribution in [0.25, 0.3) is 0 Å². The molecule has 0 aliphatic carbocycles. The van der Waals surface area contributed by atoms with E-state index in [0.29, 0.717) is 13.0 Å². The molecule has 1 unspecified atom stereocenters. The molecule has 3 N–H and O–H groups in total. The van der Waals surface area contributed by atoms with Crippen LogP contribution < -0.4 is 0 Å². The fourth-order valence-electron chi connectivity index (χ4n) is 1.77. The van der Waals surface area contributed by atoms with Crippen LogP contribution in [-0.4, -0.2) is 44.1 Å². The maximum absolute atomic E-state index is 11.3. The maximum atomic E-state index is 11.3. The van der Waals surface area contributed by atoms with Gasteiger partial charge >= 0.3 is 13.6 Å². The molecule has 0 radical (unpaired) electrons. The minimum Gasteiger partial charge on any atom is -0.479 e. The first kappa shape index (κ1) is 12.4. The Labute approximate surface area is 87.4 Å². The third-order valence-corrected chi connectivity index (χ3v) is 4.05. The second-order valence-electron chi connectivity index (χ2n) is 3.35. The fourth-order valence-corrected chi connectivity index (χ4v) is 2.92. The van der Waals surface area contributed by atoms with Crippen LogP contribution in [0.15, 0.2) is 12.2 Å². The maximum Gasteiger partial charge on any atom is 0.361 e. The van der Waals surface area contributed by atoms with Crippen LogP contribution >= 0.6 is 7.60 Å². The standard InChI is InChI=1S/C8H14NO5P/c1-2-9-6-4-3-5-8(9,7(10)11)15(12,13)14/h3,5H,2,4,6H2,1H3,(H,10,11)(H2,12,13,14). The summed E-state index contributed by atoms with van der Waals surface area (Å²) in [6.45, 7) is 2.29. The number of likely N-dealkylation sites (N-methyl/N-ethyl adjacent to an activating group) is 1. The van der Waals surface area contributed by atoms with Gasteiger partial charge in [0.05, 0.1) is 0 Å². The molecule has 0 aromatic heterocycles. The molecule has 0 amide bonds. The summed E-state index contributed by atoms with van der Waals surface area (Å²) in [5.74, 6) is -1.51. The number of hydrogen-bond acceptors (Lipinski definition) is 3.